The fourth-order valence-corrected chi connectivity index (χ4v) is 1.10. The molecule has 36 valence electrons. The Kier molecular flexibility index (Phi) is 1.71. The molecule has 1 atom stereocenters. The van der Waals surface area contributed by atoms with Gasteiger partial charge in [0.05, 0.1) is 6.10 Å². The van der Waals surface area contributed by atoms with Crippen LogP contribution >= 0.6 is 22.6 Å². The molecule has 0 N–H and O–H groups in total. The molecule has 0 saturated carbocycles. The van der Waals surface area contributed by atoms with Crippen molar-refractivity contribution in [3.05, 3.63) is 0 Å². The van der Waals surface area contributed by atoms with Crippen LogP contribution in [0.5, 0.6) is 0 Å². The molecule has 0 unspecified atom stereocenters. The Bertz CT molecular complexity index is 40.1. The molecule has 1 aliphatic heterocycles. The van der Waals surface area contributed by atoms with Gasteiger partial charge in [-0.15, -0.1) is 0 Å². The van der Waals surface area contributed by atoms with Crippen molar-refractivity contribution in [3.63, 3.8) is 0 Å². The lowest BCUT2D eigenvalue weighted by Gasteiger charge is -2.23. The molecule has 1 aliphatic rings. The fraction of sp³-hybridized carbons (Fsp3) is 1.00. The van der Waals surface area contributed by atoms with E-state index in [1.165, 1.54) is 6.42 Å². The van der Waals surface area contributed by atoms with Crippen LogP contribution in [0.25, 0.3) is 0 Å². The van der Waals surface area contributed by atoms with Gasteiger partial charge < -0.3 is 4.74 Å². The largest absolute Gasteiger partial charge is 0.377 e. The third-order valence-electron chi connectivity index (χ3n) is 0.965. The summed E-state index contributed by atoms with van der Waals surface area (Å²) in [4.78, 5) is 0. The van der Waals surface area contributed by atoms with Gasteiger partial charge in [0.1, 0.15) is 0 Å². The van der Waals surface area contributed by atoms with Crippen molar-refractivity contribution in [2.75, 3.05) is 11.0 Å². The van der Waals surface area contributed by atoms with Crippen LogP contribution in [0, 0.1) is 0 Å². The summed E-state index contributed by atoms with van der Waals surface area (Å²) in [5.74, 6) is 0. The highest BCUT2D eigenvalue weighted by molar-refractivity contribution is 14.1. The van der Waals surface area contributed by atoms with E-state index in [1.54, 1.807) is 0 Å². The van der Waals surface area contributed by atoms with Crippen LogP contribution in [-0.4, -0.2) is 17.1 Å². The minimum absolute atomic E-state index is 0.602. The van der Waals surface area contributed by atoms with E-state index in [9.17, 15) is 0 Å². The fourth-order valence-electron chi connectivity index (χ4n) is 0.406. The van der Waals surface area contributed by atoms with Crippen LogP contribution in [0.2, 0.25) is 0 Å². The first kappa shape index (κ1) is 4.84. The van der Waals surface area contributed by atoms with Crippen LogP contribution in [0.1, 0.15) is 6.42 Å². The molecular weight excluding hydrogens is 191 g/mol. The first-order valence-corrected chi connectivity index (χ1v) is 3.63. The molecule has 0 aromatic heterocycles. The summed E-state index contributed by atoms with van der Waals surface area (Å²) in [7, 11) is 0. The molecule has 0 aromatic carbocycles. The second kappa shape index (κ2) is 2.12. The highest BCUT2D eigenvalue weighted by Crippen LogP contribution is 2.12. The first-order chi connectivity index (χ1) is 2.93. The monoisotopic (exact) mass is 198 g/mol. The van der Waals surface area contributed by atoms with Crippen molar-refractivity contribution >= 4 is 22.6 Å². The molecule has 0 bridgehead atoms. The Morgan fingerprint density at radius 3 is 2.50 bits per heavy atom. The molecule has 1 saturated heterocycles. The lowest BCUT2D eigenvalue weighted by molar-refractivity contribution is -0.0325. The van der Waals surface area contributed by atoms with Crippen LogP contribution in [0.4, 0.5) is 0 Å². The predicted molar refractivity (Wildman–Crippen MR) is 33.2 cm³/mol. The van der Waals surface area contributed by atoms with E-state index in [0.717, 1.165) is 11.0 Å². The molecule has 0 amide bonds. The molecule has 1 nitrogen and oxygen atoms in total. The SMILES string of the molecule is IC[C@@H]1CCO1. The van der Waals surface area contributed by atoms with Gasteiger partial charge in [0.15, 0.2) is 0 Å². The van der Waals surface area contributed by atoms with Crippen LogP contribution in [-0.2, 0) is 4.74 Å². The summed E-state index contributed by atoms with van der Waals surface area (Å²) in [5, 5.41) is 0. The molecule has 2 heteroatoms. The summed E-state index contributed by atoms with van der Waals surface area (Å²) in [6.45, 7) is 0.994. The maximum atomic E-state index is 5.07. The number of alkyl halides is 1. The average molecular weight is 198 g/mol. The van der Waals surface area contributed by atoms with Gasteiger partial charge in [-0.2, -0.15) is 0 Å². The van der Waals surface area contributed by atoms with Crippen LogP contribution in [0.15, 0.2) is 0 Å². The lowest BCUT2D eigenvalue weighted by atomic mass is 10.2. The Morgan fingerprint density at radius 2 is 2.50 bits per heavy atom. The standard InChI is InChI=1S/C4H7IO/c5-3-4-1-2-6-4/h4H,1-3H2/t4-/m0/s1. The van der Waals surface area contributed by atoms with Crippen molar-refractivity contribution in [1.29, 1.82) is 0 Å². The number of hydrogen-bond donors (Lipinski definition) is 0. The van der Waals surface area contributed by atoms with E-state index >= 15 is 0 Å². The quantitative estimate of drug-likeness (QED) is 0.454. The molecule has 1 rings (SSSR count). The Hall–Kier alpha value is 0.690. The van der Waals surface area contributed by atoms with E-state index in [4.69, 9.17) is 4.74 Å². The van der Waals surface area contributed by atoms with Crippen LogP contribution < -0.4 is 0 Å². The number of rotatable bonds is 1. The van der Waals surface area contributed by atoms with Gasteiger partial charge in [-0.05, 0) is 6.42 Å². The molecular formula is C4H7IO. The van der Waals surface area contributed by atoms with Gasteiger partial charge in [0.25, 0.3) is 0 Å². The van der Waals surface area contributed by atoms with Gasteiger partial charge in [0, 0.05) is 11.0 Å². The van der Waals surface area contributed by atoms with Crippen molar-refractivity contribution < 1.29 is 4.74 Å². The second-order valence-electron chi connectivity index (χ2n) is 1.44. The van der Waals surface area contributed by atoms with E-state index < -0.39 is 0 Å². The number of halogens is 1. The third-order valence-corrected chi connectivity index (χ3v) is 1.95. The number of ether oxygens (including phenoxy) is 1. The molecule has 0 aliphatic carbocycles. The highest BCUT2D eigenvalue weighted by Gasteiger charge is 2.14. The van der Waals surface area contributed by atoms with Gasteiger partial charge >= 0.3 is 0 Å². The van der Waals surface area contributed by atoms with E-state index in [1.807, 2.05) is 0 Å². The Labute approximate surface area is 51.2 Å². The number of hydrogen-bond acceptors (Lipinski definition) is 1. The van der Waals surface area contributed by atoms with Gasteiger partial charge in [0.2, 0.25) is 0 Å². The topological polar surface area (TPSA) is 9.23 Å². The van der Waals surface area contributed by atoms with Crippen molar-refractivity contribution in [3.8, 4) is 0 Å². The summed E-state index contributed by atoms with van der Waals surface area (Å²) < 4.78 is 6.24. The van der Waals surface area contributed by atoms with Crippen molar-refractivity contribution in [2.45, 2.75) is 12.5 Å². The maximum Gasteiger partial charge on any atom is 0.0686 e. The molecule has 0 aromatic rings. The van der Waals surface area contributed by atoms with Gasteiger partial charge in [-0.25, -0.2) is 0 Å². The minimum atomic E-state index is 0.602. The zero-order chi connectivity index (χ0) is 4.41. The van der Waals surface area contributed by atoms with E-state index in [-0.39, 0.29) is 0 Å². The van der Waals surface area contributed by atoms with E-state index in [0.29, 0.717) is 6.10 Å². The predicted octanol–water partition coefficient (Wildman–Crippen LogP) is 1.21. The van der Waals surface area contributed by atoms with Gasteiger partial charge in [-0.1, -0.05) is 22.6 Å². The van der Waals surface area contributed by atoms with Crippen molar-refractivity contribution in [2.24, 2.45) is 0 Å². The molecule has 0 spiro atoms. The molecule has 1 heterocycles. The molecule has 1 fully saturated rings. The normalized spacial score (nSPS) is 32.5. The zero-order valence-electron chi connectivity index (χ0n) is 3.48. The average Bonchev–Trinajstić information content (AvgIpc) is 1.31. The first-order valence-electron chi connectivity index (χ1n) is 2.11. The second-order valence-corrected chi connectivity index (χ2v) is 2.32. The molecule has 6 heavy (non-hydrogen) atoms. The summed E-state index contributed by atoms with van der Waals surface area (Å²) in [6.07, 6.45) is 1.88. The van der Waals surface area contributed by atoms with Crippen molar-refractivity contribution in [1.82, 2.24) is 0 Å². The third kappa shape index (κ3) is 0.846. The lowest BCUT2D eigenvalue weighted by Crippen LogP contribution is -2.27. The summed E-state index contributed by atoms with van der Waals surface area (Å²) in [6, 6.07) is 0. The maximum absolute atomic E-state index is 5.07. The smallest absolute Gasteiger partial charge is 0.0686 e. The van der Waals surface area contributed by atoms with Gasteiger partial charge in [-0.3, -0.25) is 0 Å². The Morgan fingerprint density at radius 1 is 1.83 bits per heavy atom. The zero-order valence-corrected chi connectivity index (χ0v) is 5.64. The Balaban J connectivity index is 2.01. The highest BCUT2D eigenvalue weighted by atomic mass is 127. The molecule has 0 radical (unpaired) electrons. The minimum Gasteiger partial charge on any atom is -0.377 e. The summed E-state index contributed by atoms with van der Waals surface area (Å²) in [5.41, 5.74) is 0. The summed E-state index contributed by atoms with van der Waals surface area (Å²) >= 11 is 2.34. The van der Waals surface area contributed by atoms with Crippen LogP contribution in [0.3, 0.4) is 0 Å². The van der Waals surface area contributed by atoms with E-state index in [2.05, 4.69) is 22.6 Å².